The molecule has 2 nitrogen and oxygen atoms in total. The van der Waals surface area contributed by atoms with E-state index in [4.69, 9.17) is 9.84 Å². The van der Waals surface area contributed by atoms with E-state index in [9.17, 15) is 13.2 Å². The van der Waals surface area contributed by atoms with Crippen molar-refractivity contribution in [1.82, 2.24) is 0 Å². The van der Waals surface area contributed by atoms with Gasteiger partial charge in [0.2, 0.25) is 0 Å². The SMILES string of the molecule is COc1ccc(Br)c(CC(O)C(F)(F)F)c1. The number of aliphatic hydroxyl groups is 1. The highest BCUT2D eigenvalue weighted by Gasteiger charge is 2.38. The number of alkyl halides is 3. The first-order valence-electron chi connectivity index (χ1n) is 4.42. The number of ether oxygens (including phenoxy) is 1. The van der Waals surface area contributed by atoms with Crippen molar-refractivity contribution in [2.24, 2.45) is 0 Å². The van der Waals surface area contributed by atoms with Crippen molar-refractivity contribution in [2.75, 3.05) is 7.11 Å². The molecule has 16 heavy (non-hydrogen) atoms. The lowest BCUT2D eigenvalue weighted by atomic mass is 10.1. The summed E-state index contributed by atoms with van der Waals surface area (Å²) >= 11 is 3.12. The number of methoxy groups -OCH3 is 1. The van der Waals surface area contributed by atoms with Crippen molar-refractivity contribution in [2.45, 2.75) is 18.7 Å². The standard InChI is InChI=1S/C10H10BrF3O2/c1-16-7-2-3-8(11)6(4-7)5-9(15)10(12,13)14/h2-4,9,15H,5H2,1H3. The highest BCUT2D eigenvalue weighted by atomic mass is 79.9. The summed E-state index contributed by atoms with van der Waals surface area (Å²) in [4.78, 5) is 0. The van der Waals surface area contributed by atoms with Gasteiger partial charge in [0.15, 0.2) is 6.10 Å². The number of halogens is 4. The molecule has 0 bridgehead atoms. The quantitative estimate of drug-likeness (QED) is 0.930. The molecule has 0 aliphatic rings. The molecule has 1 atom stereocenters. The van der Waals surface area contributed by atoms with E-state index in [1.807, 2.05) is 0 Å². The molecule has 6 heteroatoms. The van der Waals surface area contributed by atoms with Crippen LogP contribution in [0.5, 0.6) is 5.75 Å². The van der Waals surface area contributed by atoms with Crippen LogP contribution in [0.15, 0.2) is 22.7 Å². The summed E-state index contributed by atoms with van der Waals surface area (Å²) in [6, 6.07) is 4.66. The average Bonchev–Trinajstić information content (AvgIpc) is 2.19. The number of benzene rings is 1. The first-order chi connectivity index (χ1) is 7.34. The molecule has 0 amide bonds. The molecular formula is C10H10BrF3O2. The Morgan fingerprint density at radius 3 is 2.56 bits per heavy atom. The molecule has 1 aromatic rings. The molecule has 1 unspecified atom stereocenters. The van der Waals surface area contributed by atoms with Crippen molar-refractivity contribution in [1.29, 1.82) is 0 Å². The van der Waals surface area contributed by atoms with Crippen LogP contribution < -0.4 is 4.74 Å². The maximum Gasteiger partial charge on any atom is 0.414 e. The molecule has 1 N–H and O–H groups in total. The van der Waals surface area contributed by atoms with Crippen molar-refractivity contribution >= 4 is 15.9 Å². The number of rotatable bonds is 3. The highest BCUT2D eigenvalue weighted by molar-refractivity contribution is 9.10. The Labute approximate surface area is 99.2 Å². The molecule has 0 aliphatic heterocycles. The molecule has 0 saturated carbocycles. The summed E-state index contributed by atoms with van der Waals surface area (Å²) in [6.07, 6.45) is -7.47. The van der Waals surface area contributed by atoms with Crippen molar-refractivity contribution in [3.05, 3.63) is 28.2 Å². The Hall–Kier alpha value is -0.750. The topological polar surface area (TPSA) is 29.5 Å². The predicted molar refractivity (Wildman–Crippen MR) is 56.5 cm³/mol. The number of aliphatic hydroxyl groups excluding tert-OH is 1. The summed E-state index contributed by atoms with van der Waals surface area (Å²) in [5.41, 5.74) is 0.351. The summed E-state index contributed by atoms with van der Waals surface area (Å²) in [6.45, 7) is 0. The van der Waals surface area contributed by atoms with Gasteiger partial charge in [-0.1, -0.05) is 15.9 Å². The second kappa shape index (κ2) is 5.05. The number of hydrogen-bond donors (Lipinski definition) is 1. The van der Waals surface area contributed by atoms with Gasteiger partial charge in [0.05, 0.1) is 7.11 Å². The fourth-order valence-corrected chi connectivity index (χ4v) is 1.57. The Morgan fingerprint density at radius 1 is 1.44 bits per heavy atom. The third kappa shape index (κ3) is 3.38. The average molecular weight is 299 g/mol. The second-order valence-corrected chi connectivity index (χ2v) is 4.07. The fourth-order valence-electron chi connectivity index (χ4n) is 1.16. The Kier molecular flexibility index (Phi) is 4.21. The molecule has 90 valence electrons. The van der Waals surface area contributed by atoms with Crippen LogP contribution in [0.2, 0.25) is 0 Å². The first-order valence-corrected chi connectivity index (χ1v) is 5.21. The smallest absolute Gasteiger partial charge is 0.414 e. The summed E-state index contributed by atoms with van der Waals surface area (Å²) in [5.74, 6) is 0.451. The van der Waals surface area contributed by atoms with Gasteiger partial charge < -0.3 is 9.84 Å². The molecule has 0 heterocycles. The summed E-state index contributed by atoms with van der Waals surface area (Å²) < 4.78 is 41.9. The lowest BCUT2D eigenvalue weighted by Gasteiger charge is -2.15. The van der Waals surface area contributed by atoms with E-state index >= 15 is 0 Å². The van der Waals surface area contributed by atoms with Crippen LogP contribution in [0.1, 0.15) is 5.56 Å². The zero-order chi connectivity index (χ0) is 12.3. The second-order valence-electron chi connectivity index (χ2n) is 3.22. The highest BCUT2D eigenvalue weighted by Crippen LogP contribution is 2.28. The first kappa shape index (κ1) is 13.3. The minimum absolute atomic E-state index is 0.351. The lowest BCUT2D eigenvalue weighted by Crippen LogP contribution is -2.30. The third-order valence-corrected chi connectivity index (χ3v) is 2.82. The van der Waals surface area contributed by atoms with E-state index in [1.165, 1.54) is 13.2 Å². The van der Waals surface area contributed by atoms with Gasteiger partial charge in [0, 0.05) is 10.9 Å². The number of hydrogen-bond acceptors (Lipinski definition) is 2. The van der Waals surface area contributed by atoms with Crippen LogP contribution >= 0.6 is 15.9 Å². The van der Waals surface area contributed by atoms with Gasteiger partial charge in [-0.3, -0.25) is 0 Å². The Balaban J connectivity index is 2.88. The molecule has 0 aliphatic carbocycles. The zero-order valence-electron chi connectivity index (χ0n) is 8.38. The summed E-state index contributed by atoms with van der Waals surface area (Å²) in [5, 5.41) is 8.94. The predicted octanol–water partition coefficient (Wildman–Crippen LogP) is 2.92. The molecule has 0 aromatic heterocycles. The van der Waals surface area contributed by atoms with Gasteiger partial charge in [-0.2, -0.15) is 13.2 Å². The van der Waals surface area contributed by atoms with E-state index in [-0.39, 0.29) is 0 Å². The van der Waals surface area contributed by atoms with Crippen molar-refractivity contribution < 1.29 is 23.0 Å². The molecule has 0 saturated heterocycles. The molecule has 1 rings (SSSR count). The normalized spacial score (nSPS) is 13.6. The van der Waals surface area contributed by atoms with Gasteiger partial charge in [0.1, 0.15) is 5.75 Å². The van der Waals surface area contributed by atoms with Crippen LogP contribution in [0.4, 0.5) is 13.2 Å². The van der Waals surface area contributed by atoms with Crippen LogP contribution in [0, 0.1) is 0 Å². The molecule has 1 aromatic carbocycles. The van der Waals surface area contributed by atoms with Gasteiger partial charge in [0.25, 0.3) is 0 Å². The van der Waals surface area contributed by atoms with E-state index in [1.54, 1.807) is 12.1 Å². The van der Waals surface area contributed by atoms with E-state index in [2.05, 4.69) is 15.9 Å². The Bertz CT molecular complexity index is 366. The van der Waals surface area contributed by atoms with Crippen LogP contribution in [0.25, 0.3) is 0 Å². The van der Waals surface area contributed by atoms with Crippen LogP contribution in [-0.2, 0) is 6.42 Å². The monoisotopic (exact) mass is 298 g/mol. The van der Waals surface area contributed by atoms with E-state index < -0.39 is 18.7 Å². The molecule has 0 fully saturated rings. The van der Waals surface area contributed by atoms with Gasteiger partial charge in [-0.15, -0.1) is 0 Å². The lowest BCUT2D eigenvalue weighted by molar-refractivity contribution is -0.203. The van der Waals surface area contributed by atoms with E-state index in [0.29, 0.717) is 15.8 Å². The molecule has 0 radical (unpaired) electrons. The molecular weight excluding hydrogens is 289 g/mol. The minimum Gasteiger partial charge on any atom is -0.497 e. The maximum absolute atomic E-state index is 12.2. The van der Waals surface area contributed by atoms with Crippen LogP contribution in [0.3, 0.4) is 0 Å². The Morgan fingerprint density at radius 2 is 2.06 bits per heavy atom. The van der Waals surface area contributed by atoms with Gasteiger partial charge in [-0.05, 0) is 23.8 Å². The largest absolute Gasteiger partial charge is 0.497 e. The maximum atomic E-state index is 12.2. The van der Waals surface area contributed by atoms with Crippen molar-refractivity contribution in [3.63, 3.8) is 0 Å². The summed E-state index contributed by atoms with van der Waals surface area (Å²) in [7, 11) is 1.42. The third-order valence-electron chi connectivity index (χ3n) is 2.04. The fraction of sp³-hybridized carbons (Fsp3) is 0.400. The van der Waals surface area contributed by atoms with Crippen LogP contribution in [-0.4, -0.2) is 24.5 Å². The minimum atomic E-state index is -4.61. The van der Waals surface area contributed by atoms with Gasteiger partial charge in [-0.25, -0.2) is 0 Å². The van der Waals surface area contributed by atoms with E-state index in [0.717, 1.165) is 0 Å². The molecule has 0 spiro atoms. The van der Waals surface area contributed by atoms with Gasteiger partial charge >= 0.3 is 6.18 Å². The van der Waals surface area contributed by atoms with Crippen molar-refractivity contribution in [3.8, 4) is 5.75 Å². The zero-order valence-corrected chi connectivity index (χ0v) is 9.97.